The Hall–Kier alpha value is -2.81. The standard InChI is InChI=1S/C18H16N2O/c1-21-18-11-5-7-15(13-18)19-14-17-10-6-12-20(17)16-8-3-2-4-9-16/h2-14H,1H3. The molecule has 3 aromatic rings. The van der Waals surface area contributed by atoms with Gasteiger partial charge in [-0.1, -0.05) is 24.3 Å². The van der Waals surface area contributed by atoms with Crippen LogP contribution in [0.2, 0.25) is 0 Å². The Bertz CT molecular complexity index is 745. The first-order valence-electron chi connectivity index (χ1n) is 6.78. The first kappa shape index (κ1) is 13.2. The second-order valence-electron chi connectivity index (χ2n) is 4.60. The minimum absolute atomic E-state index is 0.808. The minimum atomic E-state index is 0.808. The third-order valence-corrected chi connectivity index (χ3v) is 3.21. The van der Waals surface area contributed by atoms with E-state index in [1.165, 1.54) is 0 Å². The number of ether oxygens (including phenoxy) is 1. The highest BCUT2D eigenvalue weighted by atomic mass is 16.5. The van der Waals surface area contributed by atoms with E-state index >= 15 is 0 Å². The van der Waals surface area contributed by atoms with Crippen molar-refractivity contribution < 1.29 is 4.74 Å². The third-order valence-electron chi connectivity index (χ3n) is 3.21. The van der Waals surface area contributed by atoms with E-state index in [1.54, 1.807) is 7.11 Å². The highest BCUT2D eigenvalue weighted by Gasteiger charge is 2.00. The minimum Gasteiger partial charge on any atom is -0.497 e. The molecule has 1 heterocycles. The van der Waals surface area contributed by atoms with Crippen molar-refractivity contribution in [1.82, 2.24) is 4.57 Å². The lowest BCUT2D eigenvalue weighted by Gasteiger charge is -2.05. The predicted octanol–water partition coefficient (Wildman–Crippen LogP) is 4.24. The highest BCUT2D eigenvalue weighted by molar-refractivity contribution is 5.81. The number of methoxy groups -OCH3 is 1. The van der Waals surface area contributed by atoms with Crippen molar-refractivity contribution in [3.05, 3.63) is 78.6 Å². The van der Waals surface area contributed by atoms with Crippen molar-refractivity contribution in [3.8, 4) is 11.4 Å². The molecule has 0 fully saturated rings. The van der Waals surface area contributed by atoms with Gasteiger partial charge in [0.25, 0.3) is 0 Å². The quantitative estimate of drug-likeness (QED) is 0.655. The average molecular weight is 276 g/mol. The number of aliphatic imine (C=N–C) groups is 1. The Morgan fingerprint density at radius 3 is 2.62 bits per heavy atom. The second kappa shape index (κ2) is 6.09. The van der Waals surface area contributed by atoms with Crippen LogP contribution in [0.15, 0.2) is 77.9 Å². The van der Waals surface area contributed by atoms with Gasteiger partial charge in [0.2, 0.25) is 0 Å². The van der Waals surface area contributed by atoms with E-state index < -0.39 is 0 Å². The van der Waals surface area contributed by atoms with Crippen LogP contribution in [-0.4, -0.2) is 17.9 Å². The number of benzene rings is 2. The summed E-state index contributed by atoms with van der Waals surface area (Å²) in [5.41, 5.74) is 3.02. The van der Waals surface area contributed by atoms with Gasteiger partial charge in [-0.25, -0.2) is 0 Å². The van der Waals surface area contributed by atoms with Crippen molar-refractivity contribution >= 4 is 11.9 Å². The first-order valence-corrected chi connectivity index (χ1v) is 6.78. The van der Waals surface area contributed by atoms with Crippen molar-refractivity contribution in [2.24, 2.45) is 4.99 Å². The van der Waals surface area contributed by atoms with Crippen molar-refractivity contribution in [2.75, 3.05) is 7.11 Å². The van der Waals surface area contributed by atoms with Gasteiger partial charge in [0.1, 0.15) is 5.75 Å². The highest BCUT2D eigenvalue weighted by Crippen LogP contribution is 2.19. The number of rotatable bonds is 4. The van der Waals surface area contributed by atoms with Crippen LogP contribution in [0.1, 0.15) is 5.69 Å². The van der Waals surface area contributed by atoms with Crippen LogP contribution in [-0.2, 0) is 0 Å². The number of hydrogen-bond acceptors (Lipinski definition) is 2. The van der Waals surface area contributed by atoms with E-state index in [2.05, 4.69) is 21.7 Å². The van der Waals surface area contributed by atoms with Gasteiger partial charge in [0, 0.05) is 18.0 Å². The van der Waals surface area contributed by atoms with Gasteiger partial charge in [-0.15, -0.1) is 0 Å². The molecule has 0 radical (unpaired) electrons. The summed E-state index contributed by atoms with van der Waals surface area (Å²) in [5.74, 6) is 0.808. The molecule has 1 aromatic heterocycles. The van der Waals surface area contributed by atoms with Crippen LogP contribution in [0.25, 0.3) is 5.69 Å². The first-order chi connectivity index (χ1) is 10.4. The lowest BCUT2D eigenvalue weighted by Crippen LogP contribution is -1.97. The fourth-order valence-electron chi connectivity index (χ4n) is 2.15. The zero-order valence-electron chi connectivity index (χ0n) is 11.8. The summed E-state index contributed by atoms with van der Waals surface area (Å²) in [4.78, 5) is 4.52. The molecule has 0 atom stereocenters. The topological polar surface area (TPSA) is 26.5 Å². The van der Waals surface area contributed by atoms with Gasteiger partial charge in [0.15, 0.2) is 0 Å². The van der Waals surface area contributed by atoms with E-state index in [9.17, 15) is 0 Å². The SMILES string of the molecule is COc1cccc(N=Cc2cccn2-c2ccccc2)c1. The lowest BCUT2D eigenvalue weighted by molar-refractivity contribution is 0.415. The molecular formula is C18H16N2O. The smallest absolute Gasteiger partial charge is 0.121 e. The van der Waals surface area contributed by atoms with Gasteiger partial charge in [-0.3, -0.25) is 4.99 Å². The largest absolute Gasteiger partial charge is 0.497 e. The van der Waals surface area contributed by atoms with Crippen LogP contribution >= 0.6 is 0 Å². The van der Waals surface area contributed by atoms with Crippen LogP contribution < -0.4 is 4.74 Å². The van der Waals surface area contributed by atoms with E-state index in [0.29, 0.717) is 0 Å². The monoisotopic (exact) mass is 276 g/mol. The molecule has 104 valence electrons. The number of nitrogens with zero attached hydrogens (tertiary/aromatic N) is 2. The van der Waals surface area contributed by atoms with E-state index in [1.807, 2.05) is 67.0 Å². The average Bonchev–Trinajstić information content (AvgIpc) is 3.02. The molecule has 0 spiro atoms. The molecule has 21 heavy (non-hydrogen) atoms. The van der Waals surface area contributed by atoms with Gasteiger partial charge < -0.3 is 9.30 Å². The summed E-state index contributed by atoms with van der Waals surface area (Å²) in [7, 11) is 1.66. The van der Waals surface area contributed by atoms with E-state index in [0.717, 1.165) is 22.8 Å². The summed E-state index contributed by atoms with van der Waals surface area (Å²) >= 11 is 0. The molecule has 3 heteroatoms. The molecule has 2 aromatic carbocycles. The Kier molecular flexibility index (Phi) is 3.83. The Balaban J connectivity index is 1.89. The molecule has 0 bridgehead atoms. The Morgan fingerprint density at radius 1 is 0.952 bits per heavy atom. The summed E-state index contributed by atoms with van der Waals surface area (Å²) in [6.07, 6.45) is 3.89. The van der Waals surface area contributed by atoms with E-state index in [-0.39, 0.29) is 0 Å². The van der Waals surface area contributed by atoms with Gasteiger partial charge in [-0.05, 0) is 36.4 Å². The molecule has 3 nitrogen and oxygen atoms in total. The van der Waals surface area contributed by atoms with Crippen molar-refractivity contribution in [3.63, 3.8) is 0 Å². The lowest BCUT2D eigenvalue weighted by atomic mass is 10.3. The van der Waals surface area contributed by atoms with Crippen LogP contribution in [0.4, 0.5) is 5.69 Å². The van der Waals surface area contributed by atoms with Gasteiger partial charge in [-0.2, -0.15) is 0 Å². The molecule has 0 saturated carbocycles. The maximum Gasteiger partial charge on any atom is 0.121 e. The molecule has 0 amide bonds. The molecule has 3 rings (SSSR count). The molecule has 0 N–H and O–H groups in total. The molecule has 0 aliphatic heterocycles. The zero-order valence-corrected chi connectivity index (χ0v) is 11.8. The Labute approximate surface area is 124 Å². The normalized spacial score (nSPS) is 10.9. The predicted molar refractivity (Wildman–Crippen MR) is 86.0 cm³/mol. The summed E-state index contributed by atoms with van der Waals surface area (Å²) in [5, 5.41) is 0. The third kappa shape index (κ3) is 3.03. The fraction of sp³-hybridized carbons (Fsp3) is 0.0556. The second-order valence-corrected chi connectivity index (χ2v) is 4.60. The van der Waals surface area contributed by atoms with Gasteiger partial charge >= 0.3 is 0 Å². The maximum absolute atomic E-state index is 5.21. The number of aromatic nitrogens is 1. The van der Waals surface area contributed by atoms with Crippen molar-refractivity contribution in [2.45, 2.75) is 0 Å². The van der Waals surface area contributed by atoms with Crippen molar-refractivity contribution in [1.29, 1.82) is 0 Å². The summed E-state index contributed by atoms with van der Waals surface area (Å²) in [6, 6.07) is 22.0. The number of para-hydroxylation sites is 1. The zero-order chi connectivity index (χ0) is 14.5. The Morgan fingerprint density at radius 2 is 1.81 bits per heavy atom. The number of hydrogen-bond donors (Lipinski definition) is 0. The summed E-state index contributed by atoms with van der Waals surface area (Å²) < 4.78 is 7.31. The maximum atomic E-state index is 5.21. The summed E-state index contributed by atoms with van der Waals surface area (Å²) in [6.45, 7) is 0. The molecule has 0 aliphatic rings. The van der Waals surface area contributed by atoms with E-state index in [4.69, 9.17) is 4.74 Å². The van der Waals surface area contributed by atoms with Crippen LogP contribution in [0, 0.1) is 0 Å². The molecule has 0 aliphatic carbocycles. The molecule has 0 unspecified atom stereocenters. The fourth-order valence-corrected chi connectivity index (χ4v) is 2.15. The van der Waals surface area contributed by atoms with Gasteiger partial charge in [0.05, 0.1) is 24.7 Å². The molecule has 0 saturated heterocycles. The van der Waals surface area contributed by atoms with Crippen LogP contribution in [0.3, 0.4) is 0 Å². The van der Waals surface area contributed by atoms with Crippen LogP contribution in [0.5, 0.6) is 5.75 Å². The molecular weight excluding hydrogens is 260 g/mol.